The molecule has 0 radical (unpaired) electrons. The van der Waals surface area contributed by atoms with E-state index in [1.807, 2.05) is 45.0 Å². The summed E-state index contributed by atoms with van der Waals surface area (Å²) in [6.07, 6.45) is 1.63. The highest BCUT2D eigenvalue weighted by atomic mass is 32.1. The summed E-state index contributed by atoms with van der Waals surface area (Å²) in [5, 5.41) is 4.05. The first-order valence-electron chi connectivity index (χ1n) is 5.25. The molecule has 1 rings (SSSR count). The minimum absolute atomic E-state index is 0.135. The van der Waals surface area contributed by atoms with Gasteiger partial charge in [0.1, 0.15) is 11.4 Å². The van der Waals surface area contributed by atoms with Crippen molar-refractivity contribution in [1.82, 2.24) is 5.43 Å². The third-order valence-electron chi connectivity index (χ3n) is 1.71. The van der Waals surface area contributed by atoms with E-state index >= 15 is 0 Å². The number of ether oxygens (including phenoxy) is 1. The first kappa shape index (κ1) is 13.4. The van der Waals surface area contributed by atoms with E-state index < -0.39 is 0 Å². The molecule has 0 spiro atoms. The summed E-state index contributed by atoms with van der Waals surface area (Å²) < 4.78 is 5.81. The molecular weight excluding hydrogens is 234 g/mol. The lowest BCUT2D eigenvalue weighted by atomic mass is 10.1. The fourth-order valence-corrected chi connectivity index (χ4v) is 1.23. The molecule has 0 aliphatic heterocycles. The molecule has 1 aromatic carbocycles. The van der Waals surface area contributed by atoms with Gasteiger partial charge in [-0.2, -0.15) is 5.10 Å². The number of nitrogens with one attached hydrogen (secondary N) is 1. The summed E-state index contributed by atoms with van der Waals surface area (Å²) >= 11 is 4.65. The van der Waals surface area contributed by atoms with Crippen LogP contribution < -0.4 is 15.9 Å². The van der Waals surface area contributed by atoms with Crippen molar-refractivity contribution in [2.45, 2.75) is 26.4 Å². The van der Waals surface area contributed by atoms with Crippen molar-refractivity contribution >= 4 is 23.5 Å². The van der Waals surface area contributed by atoms with Gasteiger partial charge in [-0.15, -0.1) is 0 Å². The van der Waals surface area contributed by atoms with Crippen molar-refractivity contribution in [2.75, 3.05) is 0 Å². The molecule has 0 atom stereocenters. The number of rotatable bonds is 3. The molecule has 0 aromatic heterocycles. The summed E-state index contributed by atoms with van der Waals surface area (Å²) in [5.41, 5.74) is 8.40. The summed E-state index contributed by atoms with van der Waals surface area (Å²) in [7, 11) is 0. The van der Waals surface area contributed by atoms with E-state index in [1.165, 1.54) is 0 Å². The Morgan fingerprint density at radius 2 is 2.06 bits per heavy atom. The van der Waals surface area contributed by atoms with Gasteiger partial charge in [-0.05, 0) is 45.1 Å². The lowest BCUT2D eigenvalue weighted by Gasteiger charge is -2.22. The number of hydrogen-bond acceptors (Lipinski definition) is 3. The molecular formula is C12H17N3OS. The molecule has 0 aliphatic carbocycles. The Hall–Kier alpha value is -1.62. The Kier molecular flexibility index (Phi) is 4.45. The summed E-state index contributed by atoms with van der Waals surface area (Å²) in [5.74, 6) is 0.772. The van der Waals surface area contributed by atoms with Gasteiger partial charge in [0.25, 0.3) is 0 Å². The first-order chi connectivity index (χ1) is 7.88. The molecule has 17 heavy (non-hydrogen) atoms. The standard InChI is InChI=1S/C12H17N3OS/c1-12(2,3)16-10-7-5-4-6-9(10)8-14-15-11(13)17/h4-8H,1-3H3,(H3,13,15,17). The molecule has 3 N–H and O–H groups in total. The fourth-order valence-electron chi connectivity index (χ4n) is 1.18. The molecule has 0 unspecified atom stereocenters. The van der Waals surface area contributed by atoms with Crippen molar-refractivity contribution in [3.05, 3.63) is 29.8 Å². The predicted octanol–water partition coefficient (Wildman–Crippen LogP) is 2.03. The van der Waals surface area contributed by atoms with Crippen LogP contribution in [-0.4, -0.2) is 16.9 Å². The number of benzene rings is 1. The van der Waals surface area contributed by atoms with Gasteiger partial charge >= 0.3 is 0 Å². The quantitative estimate of drug-likeness (QED) is 0.490. The largest absolute Gasteiger partial charge is 0.487 e. The van der Waals surface area contributed by atoms with Crippen LogP contribution in [0.15, 0.2) is 29.4 Å². The number of nitrogens with two attached hydrogens (primary N) is 1. The van der Waals surface area contributed by atoms with Gasteiger partial charge < -0.3 is 10.5 Å². The Labute approximate surface area is 107 Å². The highest BCUT2D eigenvalue weighted by Gasteiger charge is 2.13. The molecule has 5 heteroatoms. The number of thiocarbonyl (C=S) groups is 1. The molecule has 0 saturated carbocycles. The Morgan fingerprint density at radius 1 is 1.41 bits per heavy atom. The normalized spacial score (nSPS) is 11.5. The molecule has 1 aromatic rings. The average Bonchev–Trinajstić information content (AvgIpc) is 2.17. The summed E-state index contributed by atoms with van der Waals surface area (Å²) in [6, 6.07) is 7.64. The minimum Gasteiger partial charge on any atom is -0.487 e. The zero-order chi connectivity index (χ0) is 12.9. The van der Waals surface area contributed by atoms with E-state index in [-0.39, 0.29) is 10.7 Å². The monoisotopic (exact) mass is 251 g/mol. The van der Waals surface area contributed by atoms with Crippen LogP contribution in [-0.2, 0) is 0 Å². The van der Waals surface area contributed by atoms with E-state index in [4.69, 9.17) is 10.5 Å². The smallest absolute Gasteiger partial charge is 0.184 e. The van der Waals surface area contributed by atoms with Crippen LogP contribution in [0.1, 0.15) is 26.3 Å². The van der Waals surface area contributed by atoms with Crippen molar-refractivity contribution in [3.8, 4) is 5.75 Å². The minimum atomic E-state index is -0.249. The van der Waals surface area contributed by atoms with Gasteiger partial charge in [-0.1, -0.05) is 12.1 Å². The third kappa shape index (κ3) is 5.31. The van der Waals surface area contributed by atoms with Gasteiger partial charge in [0.2, 0.25) is 0 Å². The SMILES string of the molecule is CC(C)(C)Oc1ccccc1C=NNC(N)=S. The predicted molar refractivity (Wildman–Crippen MR) is 74.3 cm³/mol. The second-order valence-corrected chi connectivity index (χ2v) is 4.93. The maximum Gasteiger partial charge on any atom is 0.184 e. The lowest BCUT2D eigenvalue weighted by Crippen LogP contribution is -2.25. The van der Waals surface area contributed by atoms with Gasteiger partial charge in [0.15, 0.2) is 5.11 Å². The molecule has 0 amide bonds. The second kappa shape index (κ2) is 5.63. The van der Waals surface area contributed by atoms with Gasteiger partial charge in [0, 0.05) is 5.56 Å². The van der Waals surface area contributed by atoms with E-state index in [0.717, 1.165) is 11.3 Å². The van der Waals surface area contributed by atoms with E-state index in [1.54, 1.807) is 6.21 Å². The van der Waals surface area contributed by atoms with Crippen LogP contribution in [0.5, 0.6) is 5.75 Å². The topological polar surface area (TPSA) is 59.6 Å². The van der Waals surface area contributed by atoms with Crippen LogP contribution in [0.4, 0.5) is 0 Å². The van der Waals surface area contributed by atoms with E-state index in [9.17, 15) is 0 Å². The molecule has 0 heterocycles. The van der Waals surface area contributed by atoms with Crippen molar-refractivity contribution in [1.29, 1.82) is 0 Å². The third-order valence-corrected chi connectivity index (χ3v) is 1.80. The number of nitrogens with zero attached hydrogens (tertiary/aromatic N) is 1. The van der Waals surface area contributed by atoms with Crippen LogP contribution in [0.2, 0.25) is 0 Å². The maximum atomic E-state index is 5.81. The Morgan fingerprint density at radius 3 is 2.65 bits per heavy atom. The number of hydrogen-bond donors (Lipinski definition) is 2. The zero-order valence-corrected chi connectivity index (χ0v) is 11.0. The highest BCUT2D eigenvalue weighted by Crippen LogP contribution is 2.21. The highest BCUT2D eigenvalue weighted by molar-refractivity contribution is 7.80. The van der Waals surface area contributed by atoms with Gasteiger partial charge in [-0.3, -0.25) is 5.43 Å². The van der Waals surface area contributed by atoms with Crippen LogP contribution in [0, 0.1) is 0 Å². The molecule has 0 bridgehead atoms. The fraction of sp³-hybridized carbons (Fsp3) is 0.333. The maximum absolute atomic E-state index is 5.81. The Bertz CT molecular complexity index is 424. The molecule has 92 valence electrons. The lowest BCUT2D eigenvalue weighted by molar-refractivity contribution is 0.130. The number of hydrazone groups is 1. The molecule has 0 aliphatic rings. The summed E-state index contributed by atoms with van der Waals surface area (Å²) in [4.78, 5) is 0. The van der Waals surface area contributed by atoms with Crippen LogP contribution in [0.25, 0.3) is 0 Å². The summed E-state index contributed by atoms with van der Waals surface area (Å²) in [6.45, 7) is 5.98. The molecule has 0 fully saturated rings. The van der Waals surface area contributed by atoms with Gasteiger partial charge in [0.05, 0.1) is 6.21 Å². The van der Waals surface area contributed by atoms with Crippen LogP contribution in [0.3, 0.4) is 0 Å². The molecule has 4 nitrogen and oxygen atoms in total. The number of para-hydroxylation sites is 1. The second-order valence-electron chi connectivity index (χ2n) is 4.49. The van der Waals surface area contributed by atoms with E-state index in [2.05, 4.69) is 22.7 Å². The van der Waals surface area contributed by atoms with E-state index in [0.29, 0.717) is 0 Å². The molecule has 0 saturated heterocycles. The first-order valence-corrected chi connectivity index (χ1v) is 5.66. The average molecular weight is 251 g/mol. The van der Waals surface area contributed by atoms with Crippen molar-refractivity contribution < 1.29 is 4.74 Å². The Balaban J connectivity index is 2.84. The van der Waals surface area contributed by atoms with Crippen molar-refractivity contribution in [2.24, 2.45) is 10.8 Å². The van der Waals surface area contributed by atoms with Gasteiger partial charge in [-0.25, -0.2) is 0 Å². The zero-order valence-electron chi connectivity index (χ0n) is 10.2. The van der Waals surface area contributed by atoms with Crippen molar-refractivity contribution in [3.63, 3.8) is 0 Å². The van der Waals surface area contributed by atoms with Crippen LogP contribution >= 0.6 is 12.2 Å².